The lowest BCUT2D eigenvalue weighted by atomic mass is 9.92. The molecule has 0 saturated heterocycles. The van der Waals surface area contributed by atoms with Gasteiger partial charge in [0.25, 0.3) is 0 Å². The maximum absolute atomic E-state index is 13.2. The molecule has 0 radical (unpaired) electrons. The zero-order valence-electron chi connectivity index (χ0n) is 12.8. The highest BCUT2D eigenvalue weighted by Gasteiger charge is 2.31. The van der Waals surface area contributed by atoms with Gasteiger partial charge in [-0.05, 0) is 43.1 Å². The van der Waals surface area contributed by atoms with E-state index in [4.69, 9.17) is 11.6 Å². The minimum absolute atomic E-state index is 0.183. The van der Waals surface area contributed by atoms with E-state index in [1.54, 1.807) is 37.7 Å². The number of aliphatic hydroxyl groups is 1. The maximum Gasteiger partial charge on any atom is 0.224 e. The molecule has 1 aromatic carbocycles. The van der Waals surface area contributed by atoms with Gasteiger partial charge in [0.2, 0.25) is 5.28 Å². The zero-order valence-corrected chi connectivity index (χ0v) is 14.4. The average Bonchev–Trinajstić information content (AvgIpc) is 2.92. The lowest BCUT2D eigenvalue weighted by Crippen LogP contribution is -2.34. The first-order valence-corrected chi connectivity index (χ1v) is 8.64. The molecule has 1 atom stereocenters. The molecule has 2 heterocycles. The molecule has 1 unspecified atom stereocenters. The second-order valence-electron chi connectivity index (χ2n) is 6.00. The number of hydrogen-bond acceptors (Lipinski definition) is 5. The minimum atomic E-state index is -1.08. The van der Waals surface area contributed by atoms with E-state index in [-0.39, 0.29) is 11.1 Å². The van der Waals surface area contributed by atoms with Gasteiger partial charge < -0.3 is 10.4 Å². The van der Waals surface area contributed by atoms with Crippen LogP contribution in [0.25, 0.3) is 0 Å². The van der Waals surface area contributed by atoms with E-state index in [0.717, 1.165) is 28.3 Å². The Kier molecular flexibility index (Phi) is 4.49. The lowest BCUT2D eigenvalue weighted by Gasteiger charge is -2.31. The molecule has 2 N–H and O–H groups in total. The van der Waals surface area contributed by atoms with Crippen molar-refractivity contribution in [1.29, 1.82) is 0 Å². The monoisotopic (exact) mass is 353 g/mol. The molecule has 1 aliphatic rings. The zero-order chi connectivity index (χ0) is 16.6. The van der Waals surface area contributed by atoms with Crippen LogP contribution >= 0.6 is 23.4 Å². The van der Waals surface area contributed by atoms with E-state index in [1.165, 1.54) is 12.1 Å². The molecule has 3 rings (SSSR count). The third-order valence-electron chi connectivity index (χ3n) is 3.68. The molecule has 4 nitrogen and oxygen atoms in total. The van der Waals surface area contributed by atoms with E-state index in [1.807, 2.05) is 0 Å². The van der Waals surface area contributed by atoms with Gasteiger partial charge in [0.1, 0.15) is 11.6 Å². The highest BCUT2D eigenvalue weighted by atomic mass is 35.5. The Labute approximate surface area is 143 Å². The standard InChI is InChI=1S/C16H17ClFN3OS/c1-16(2,22)13(9-3-5-10(18)6-4-9)20-14-12-11(7-8-23-12)19-15(17)21-14/h3-6,13,22H,7-8H2,1-2H3,(H,19,20,21). The SMILES string of the molecule is CC(C)(O)C(Nc1nc(Cl)nc2c1SCC2)c1ccc(F)cc1. The van der Waals surface area contributed by atoms with Crippen LogP contribution in [0, 0.1) is 5.82 Å². The first-order valence-electron chi connectivity index (χ1n) is 7.28. The van der Waals surface area contributed by atoms with Crippen molar-refractivity contribution in [2.75, 3.05) is 11.1 Å². The normalized spacial score (nSPS) is 15.3. The van der Waals surface area contributed by atoms with Gasteiger partial charge in [0, 0.05) is 12.2 Å². The predicted octanol–water partition coefficient (Wildman–Crippen LogP) is 3.84. The molecule has 1 aliphatic heterocycles. The van der Waals surface area contributed by atoms with Crippen LogP contribution in [0.2, 0.25) is 5.28 Å². The summed E-state index contributed by atoms with van der Waals surface area (Å²) in [5, 5.41) is 14.0. The number of hydrogen-bond donors (Lipinski definition) is 2. The second kappa shape index (κ2) is 6.26. The van der Waals surface area contributed by atoms with Crippen molar-refractivity contribution in [2.45, 2.75) is 36.8 Å². The van der Waals surface area contributed by atoms with Gasteiger partial charge >= 0.3 is 0 Å². The Balaban J connectivity index is 1.99. The van der Waals surface area contributed by atoms with Crippen LogP contribution in [0.5, 0.6) is 0 Å². The number of anilines is 1. The summed E-state index contributed by atoms with van der Waals surface area (Å²) in [6, 6.07) is 5.60. The number of benzene rings is 1. The summed E-state index contributed by atoms with van der Waals surface area (Å²) in [7, 11) is 0. The largest absolute Gasteiger partial charge is 0.388 e. The fraction of sp³-hybridized carbons (Fsp3) is 0.375. The van der Waals surface area contributed by atoms with Gasteiger partial charge in [-0.2, -0.15) is 4.98 Å². The minimum Gasteiger partial charge on any atom is -0.388 e. The fourth-order valence-electron chi connectivity index (χ4n) is 2.60. The summed E-state index contributed by atoms with van der Waals surface area (Å²) in [4.78, 5) is 9.49. The first kappa shape index (κ1) is 16.5. The van der Waals surface area contributed by atoms with Gasteiger partial charge in [0.05, 0.1) is 22.2 Å². The van der Waals surface area contributed by atoms with Crippen molar-refractivity contribution in [1.82, 2.24) is 9.97 Å². The highest BCUT2D eigenvalue weighted by molar-refractivity contribution is 7.99. The van der Waals surface area contributed by atoms with Crippen molar-refractivity contribution in [3.8, 4) is 0 Å². The van der Waals surface area contributed by atoms with Gasteiger partial charge in [0.15, 0.2) is 0 Å². The molecular formula is C16H17ClFN3OS. The number of rotatable bonds is 4. The van der Waals surface area contributed by atoms with Crippen LogP contribution in [0.4, 0.5) is 10.2 Å². The van der Waals surface area contributed by atoms with E-state index in [2.05, 4.69) is 15.3 Å². The molecule has 0 aliphatic carbocycles. The topological polar surface area (TPSA) is 58.0 Å². The van der Waals surface area contributed by atoms with Crippen molar-refractivity contribution < 1.29 is 9.50 Å². The number of halogens is 2. The molecule has 0 saturated carbocycles. The number of thioether (sulfide) groups is 1. The summed E-state index contributed by atoms with van der Waals surface area (Å²) in [5.74, 6) is 1.23. The van der Waals surface area contributed by atoms with Crippen LogP contribution in [0.15, 0.2) is 29.2 Å². The maximum atomic E-state index is 13.2. The average molecular weight is 354 g/mol. The molecule has 0 spiro atoms. The van der Waals surface area contributed by atoms with E-state index >= 15 is 0 Å². The summed E-state index contributed by atoms with van der Waals surface area (Å²) >= 11 is 7.68. The Morgan fingerprint density at radius 2 is 2.00 bits per heavy atom. The molecular weight excluding hydrogens is 337 g/mol. The third kappa shape index (κ3) is 3.59. The van der Waals surface area contributed by atoms with Crippen molar-refractivity contribution in [3.05, 3.63) is 46.6 Å². The smallest absolute Gasteiger partial charge is 0.224 e. The molecule has 23 heavy (non-hydrogen) atoms. The van der Waals surface area contributed by atoms with Crippen LogP contribution in [-0.2, 0) is 6.42 Å². The van der Waals surface area contributed by atoms with Crippen LogP contribution < -0.4 is 5.32 Å². The number of nitrogens with one attached hydrogen (secondary N) is 1. The van der Waals surface area contributed by atoms with E-state index in [9.17, 15) is 9.50 Å². The Bertz CT molecular complexity index is 719. The van der Waals surface area contributed by atoms with Gasteiger partial charge in [-0.25, -0.2) is 9.37 Å². The van der Waals surface area contributed by atoms with Crippen molar-refractivity contribution in [3.63, 3.8) is 0 Å². The molecule has 0 amide bonds. The van der Waals surface area contributed by atoms with Gasteiger partial charge in [-0.3, -0.25) is 0 Å². The third-order valence-corrected chi connectivity index (χ3v) is 4.98. The number of nitrogens with zero attached hydrogens (tertiary/aromatic N) is 2. The molecule has 2 aromatic rings. The molecule has 0 bridgehead atoms. The molecule has 0 fully saturated rings. The second-order valence-corrected chi connectivity index (χ2v) is 7.44. The number of aryl methyl sites for hydroxylation is 1. The van der Waals surface area contributed by atoms with Crippen LogP contribution in [0.1, 0.15) is 31.1 Å². The fourth-order valence-corrected chi connectivity index (χ4v) is 3.84. The van der Waals surface area contributed by atoms with E-state index < -0.39 is 11.6 Å². The summed E-state index contributed by atoms with van der Waals surface area (Å²) in [5.41, 5.74) is 0.613. The van der Waals surface area contributed by atoms with E-state index in [0.29, 0.717) is 5.82 Å². The van der Waals surface area contributed by atoms with Crippen molar-refractivity contribution >= 4 is 29.2 Å². The highest BCUT2D eigenvalue weighted by Crippen LogP contribution is 2.39. The Hall–Kier alpha value is -1.37. The predicted molar refractivity (Wildman–Crippen MR) is 90.5 cm³/mol. The number of aromatic nitrogens is 2. The first-order chi connectivity index (χ1) is 10.8. The molecule has 122 valence electrons. The van der Waals surface area contributed by atoms with Crippen LogP contribution in [0.3, 0.4) is 0 Å². The summed E-state index contributed by atoms with van der Waals surface area (Å²) in [6.45, 7) is 3.40. The summed E-state index contributed by atoms with van der Waals surface area (Å²) < 4.78 is 13.2. The Morgan fingerprint density at radius 1 is 1.30 bits per heavy atom. The van der Waals surface area contributed by atoms with Crippen molar-refractivity contribution in [2.24, 2.45) is 0 Å². The number of fused-ring (bicyclic) bond motifs is 1. The lowest BCUT2D eigenvalue weighted by molar-refractivity contribution is 0.0586. The summed E-state index contributed by atoms with van der Waals surface area (Å²) in [6.07, 6.45) is 0.848. The van der Waals surface area contributed by atoms with Gasteiger partial charge in [-0.1, -0.05) is 12.1 Å². The molecule has 1 aromatic heterocycles. The van der Waals surface area contributed by atoms with Gasteiger partial charge in [-0.15, -0.1) is 11.8 Å². The quantitative estimate of drug-likeness (QED) is 0.818. The molecule has 7 heteroatoms. The Morgan fingerprint density at radius 3 is 2.65 bits per heavy atom. The van der Waals surface area contributed by atoms with Crippen LogP contribution in [-0.4, -0.2) is 26.4 Å².